The summed E-state index contributed by atoms with van der Waals surface area (Å²) in [5.41, 5.74) is 20.2. The fraction of sp³-hybridized carbons (Fsp3) is 0. The summed E-state index contributed by atoms with van der Waals surface area (Å²) in [4.78, 5) is 9.37. The van der Waals surface area contributed by atoms with Gasteiger partial charge < -0.3 is 19.6 Å². The van der Waals surface area contributed by atoms with Crippen LogP contribution in [0.4, 0.5) is 68.2 Å². The van der Waals surface area contributed by atoms with Crippen molar-refractivity contribution in [2.24, 2.45) is 0 Å². The number of rotatable bonds is 15. The number of para-hydroxylation sites is 4. The van der Waals surface area contributed by atoms with Gasteiger partial charge in [0.2, 0.25) is 0 Å². The van der Waals surface area contributed by atoms with E-state index in [2.05, 4.69) is 396 Å². The van der Waals surface area contributed by atoms with Gasteiger partial charge in [-0.3, -0.25) is 0 Å². The Morgan fingerprint density at radius 1 is 0.130 bits per heavy atom. The third kappa shape index (κ3) is 10.9. The van der Waals surface area contributed by atoms with E-state index < -0.39 is 0 Å². The molecule has 0 aliphatic carbocycles. The van der Waals surface area contributed by atoms with Gasteiger partial charge in [0, 0.05) is 68.2 Å². The van der Waals surface area contributed by atoms with Gasteiger partial charge in [0.25, 0.3) is 0 Å². The Bertz CT molecular complexity index is 5250. The zero-order valence-corrected chi connectivity index (χ0v) is 50.6. The van der Waals surface area contributed by atoms with Crippen molar-refractivity contribution >= 4 is 111 Å². The maximum absolute atomic E-state index is 2.36. The highest BCUT2D eigenvalue weighted by molar-refractivity contribution is 6.02. The fourth-order valence-electron chi connectivity index (χ4n) is 13.1. The van der Waals surface area contributed by atoms with E-state index in [4.69, 9.17) is 0 Å². The van der Waals surface area contributed by atoms with Crippen LogP contribution >= 0.6 is 0 Å². The maximum Gasteiger partial charge on any atom is 0.0468 e. The van der Waals surface area contributed by atoms with Gasteiger partial charge in [-0.25, -0.2) is 0 Å². The molecule has 16 aromatic carbocycles. The van der Waals surface area contributed by atoms with Gasteiger partial charge in [-0.05, 0) is 228 Å². The Morgan fingerprint density at radius 2 is 0.380 bits per heavy atom. The van der Waals surface area contributed by atoms with Gasteiger partial charge in [0.1, 0.15) is 0 Å². The molecule has 0 aliphatic heterocycles. The van der Waals surface area contributed by atoms with E-state index in [1.165, 1.54) is 54.2 Å². The molecule has 0 heterocycles. The molecule has 4 nitrogen and oxygen atoms in total. The molecule has 0 bridgehead atoms. The highest BCUT2D eigenvalue weighted by atomic mass is 15.2. The Balaban J connectivity index is 0.672. The van der Waals surface area contributed by atoms with Crippen LogP contribution in [-0.2, 0) is 0 Å². The number of fused-ring (bicyclic) bond motifs is 4. The van der Waals surface area contributed by atoms with Crippen molar-refractivity contribution in [3.05, 3.63) is 376 Å². The van der Waals surface area contributed by atoms with Gasteiger partial charge in [-0.15, -0.1) is 0 Å². The molecular formula is C88H62N4. The molecule has 0 radical (unpaired) electrons. The number of hydrogen-bond donors (Lipinski definition) is 0. The predicted octanol–water partition coefficient (Wildman–Crippen LogP) is 25.2. The van der Waals surface area contributed by atoms with Crippen molar-refractivity contribution in [3.8, 4) is 33.4 Å². The maximum atomic E-state index is 2.36. The molecule has 0 aromatic heterocycles. The first-order chi connectivity index (χ1) is 45.6. The molecule has 0 fully saturated rings. The Morgan fingerprint density at radius 3 is 0.750 bits per heavy atom. The Labute approximate surface area is 537 Å². The van der Waals surface area contributed by atoms with Crippen molar-refractivity contribution in [1.29, 1.82) is 0 Å². The standard InChI is InChI=1S/C88H62N4/c1-5-23-75(24-6-1)89(83-53-42-63-18-13-15-20-70(63)59-83)79-45-34-65(35-46-79)67-38-49-81(50-39-67)91(77-27-9-3-10-28-77)85-55-44-69-32-33-73(58-74(69)62-85)87-31-17-22-72-61-86(56-57-88(72)87)92(78-29-11-4-12-30-78)82-51-40-68(41-52-82)66-36-47-80(48-37-66)90(76-25-7-2-8-26-76)84-54-43-64-19-14-16-21-71(64)60-84/h1-62H. The molecule has 0 saturated heterocycles. The van der Waals surface area contributed by atoms with Gasteiger partial charge in [0.15, 0.2) is 0 Å². The SMILES string of the molecule is c1ccc(N(c2ccc(-c3ccc(N(c4ccccc4)c4ccc5ccc(-c6cccc7cc(N(c8ccccc8)c8ccc(-c9ccc(N(c%10ccccc%10)c%10ccc%11ccccc%11c%10)cc9)cc8)ccc67)cc5c4)cc3)cc2)c2ccc3ccccc3c2)cc1. The van der Waals surface area contributed by atoms with Gasteiger partial charge in [-0.2, -0.15) is 0 Å². The third-order valence-corrected chi connectivity index (χ3v) is 17.7. The Hall–Kier alpha value is -12.2. The molecular weight excluding hydrogens is 1110 g/mol. The molecule has 0 amide bonds. The lowest BCUT2D eigenvalue weighted by molar-refractivity contribution is 1.28. The van der Waals surface area contributed by atoms with Crippen molar-refractivity contribution in [1.82, 2.24) is 0 Å². The highest BCUT2D eigenvalue weighted by Crippen LogP contribution is 2.44. The van der Waals surface area contributed by atoms with Crippen LogP contribution in [-0.4, -0.2) is 0 Å². The lowest BCUT2D eigenvalue weighted by Crippen LogP contribution is -2.10. The third-order valence-electron chi connectivity index (χ3n) is 17.7. The fourth-order valence-corrected chi connectivity index (χ4v) is 13.1. The average molecular weight is 1180 g/mol. The van der Waals surface area contributed by atoms with Gasteiger partial charge >= 0.3 is 0 Å². The van der Waals surface area contributed by atoms with Crippen molar-refractivity contribution in [2.45, 2.75) is 0 Å². The molecule has 0 spiro atoms. The summed E-state index contributed by atoms with van der Waals surface area (Å²) in [6, 6.07) is 136. The van der Waals surface area contributed by atoms with Gasteiger partial charge in [0.05, 0.1) is 0 Å². The monoisotopic (exact) mass is 1170 g/mol. The van der Waals surface area contributed by atoms with E-state index in [-0.39, 0.29) is 0 Å². The van der Waals surface area contributed by atoms with E-state index >= 15 is 0 Å². The summed E-state index contributed by atoms with van der Waals surface area (Å²) >= 11 is 0. The van der Waals surface area contributed by atoms with Crippen LogP contribution in [0.15, 0.2) is 376 Å². The number of anilines is 12. The molecule has 0 aliphatic rings. The lowest BCUT2D eigenvalue weighted by atomic mass is 9.95. The lowest BCUT2D eigenvalue weighted by Gasteiger charge is -2.27. The highest BCUT2D eigenvalue weighted by Gasteiger charge is 2.20. The van der Waals surface area contributed by atoms with Crippen LogP contribution in [0.1, 0.15) is 0 Å². The molecule has 16 rings (SSSR count). The summed E-state index contributed by atoms with van der Waals surface area (Å²) in [5.74, 6) is 0. The van der Waals surface area contributed by atoms with Gasteiger partial charge in [-0.1, -0.05) is 224 Å². The molecule has 16 aromatic rings. The van der Waals surface area contributed by atoms with E-state index in [9.17, 15) is 0 Å². The molecule has 0 unspecified atom stereocenters. The summed E-state index contributed by atoms with van der Waals surface area (Å²) in [6.45, 7) is 0. The molecule has 92 heavy (non-hydrogen) atoms. The number of nitrogens with zero attached hydrogens (tertiary/aromatic N) is 4. The zero-order chi connectivity index (χ0) is 61.2. The van der Waals surface area contributed by atoms with Crippen LogP contribution in [0.5, 0.6) is 0 Å². The summed E-state index contributed by atoms with van der Waals surface area (Å²) in [7, 11) is 0. The molecule has 434 valence electrons. The minimum absolute atomic E-state index is 1.08. The quantitative estimate of drug-likeness (QED) is 0.101. The van der Waals surface area contributed by atoms with Crippen molar-refractivity contribution in [3.63, 3.8) is 0 Å². The normalized spacial score (nSPS) is 11.3. The second-order valence-corrected chi connectivity index (χ2v) is 23.4. The summed E-state index contributed by atoms with van der Waals surface area (Å²) in [6.07, 6.45) is 0. The zero-order valence-electron chi connectivity index (χ0n) is 50.6. The van der Waals surface area contributed by atoms with Crippen LogP contribution in [0.25, 0.3) is 76.5 Å². The minimum atomic E-state index is 1.08. The number of hydrogen-bond acceptors (Lipinski definition) is 4. The predicted molar refractivity (Wildman–Crippen MR) is 392 cm³/mol. The van der Waals surface area contributed by atoms with Crippen LogP contribution in [0.2, 0.25) is 0 Å². The van der Waals surface area contributed by atoms with E-state index in [0.717, 1.165) is 90.5 Å². The van der Waals surface area contributed by atoms with Crippen molar-refractivity contribution in [2.75, 3.05) is 19.6 Å². The molecule has 0 saturated carbocycles. The second kappa shape index (κ2) is 24.4. The first-order valence-electron chi connectivity index (χ1n) is 31.5. The topological polar surface area (TPSA) is 13.0 Å². The van der Waals surface area contributed by atoms with E-state index in [0.29, 0.717) is 0 Å². The van der Waals surface area contributed by atoms with Crippen molar-refractivity contribution < 1.29 is 0 Å². The first kappa shape index (κ1) is 55.1. The Kier molecular flexibility index (Phi) is 14.6. The number of benzene rings is 16. The summed E-state index contributed by atoms with van der Waals surface area (Å²) < 4.78 is 0. The minimum Gasteiger partial charge on any atom is -0.310 e. The molecule has 0 N–H and O–H groups in total. The van der Waals surface area contributed by atoms with E-state index in [1.807, 2.05) is 0 Å². The molecule has 0 atom stereocenters. The largest absolute Gasteiger partial charge is 0.310 e. The van der Waals surface area contributed by atoms with Crippen LogP contribution in [0.3, 0.4) is 0 Å². The smallest absolute Gasteiger partial charge is 0.0468 e. The average Bonchev–Trinajstić information content (AvgIpc) is 0.966. The molecule has 4 heteroatoms. The second-order valence-electron chi connectivity index (χ2n) is 23.4. The van der Waals surface area contributed by atoms with Crippen LogP contribution < -0.4 is 19.6 Å². The first-order valence-corrected chi connectivity index (χ1v) is 31.5. The van der Waals surface area contributed by atoms with Crippen LogP contribution in [0, 0.1) is 0 Å². The van der Waals surface area contributed by atoms with E-state index in [1.54, 1.807) is 0 Å². The summed E-state index contributed by atoms with van der Waals surface area (Å²) in [5, 5.41) is 9.61.